The van der Waals surface area contributed by atoms with Crippen molar-refractivity contribution in [2.75, 3.05) is 22.3 Å². The van der Waals surface area contributed by atoms with E-state index < -0.39 is 0 Å². The second-order valence-electron chi connectivity index (χ2n) is 7.35. The maximum absolute atomic E-state index is 9.46. The number of benzene rings is 3. The van der Waals surface area contributed by atoms with E-state index in [9.17, 15) is 5.26 Å². The first-order valence-electron chi connectivity index (χ1n) is 10.2. The first-order valence-corrected chi connectivity index (χ1v) is 11.0. The van der Waals surface area contributed by atoms with Crippen LogP contribution in [0, 0.1) is 11.3 Å². The lowest BCUT2D eigenvalue weighted by Crippen LogP contribution is -2.29. The van der Waals surface area contributed by atoms with Crippen LogP contribution in [0.2, 0.25) is 0 Å². The SMILES string of the molecule is N#Cc1ccc2c(c1)SN(c1ccccc1-c1ccccc1)CCN2Cc1c[nH]cn1. The molecule has 0 spiro atoms. The van der Waals surface area contributed by atoms with Crippen molar-refractivity contribution in [3.05, 3.63) is 96.6 Å². The summed E-state index contributed by atoms with van der Waals surface area (Å²) in [5, 5.41) is 9.46. The first-order chi connectivity index (χ1) is 15.3. The highest BCUT2D eigenvalue weighted by atomic mass is 32.2. The maximum Gasteiger partial charge on any atom is 0.0992 e. The highest BCUT2D eigenvalue weighted by Gasteiger charge is 2.23. The molecule has 0 radical (unpaired) electrons. The summed E-state index contributed by atoms with van der Waals surface area (Å²) in [5.74, 6) is 0. The molecule has 0 atom stereocenters. The number of nitrogens with zero attached hydrogens (tertiary/aromatic N) is 4. The highest BCUT2D eigenvalue weighted by molar-refractivity contribution is 8.00. The van der Waals surface area contributed by atoms with Crippen LogP contribution in [0.1, 0.15) is 11.3 Å². The largest absolute Gasteiger partial charge is 0.363 e. The van der Waals surface area contributed by atoms with Gasteiger partial charge < -0.3 is 14.2 Å². The Balaban J connectivity index is 1.54. The van der Waals surface area contributed by atoms with Crippen LogP contribution in [0.25, 0.3) is 11.1 Å². The van der Waals surface area contributed by atoms with Gasteiger partial charge in [-0.3, -0.25) is 0 Å². The minimum atomic E-state index is 0.671. The van der Waals surface area contributed by atoms with Gasteiger partial charge in [0.05, 0.1) is 46.5 Å². The predicted molar refractivity (Wildman–Crippen MR) is 126 cm³/mol. The van der Waals surface area contributed by atoms with Crippen molar-refractivity contribution in [3.8, 4) is 17.2 Å². The fourth-order valence-electron chi connectivity index (χ4n) is 3.87. The average Bonchev–Trinajstić information content (AvgIpc) is 3.27. The fraction of sp³-hybridized carbons (Fsp3) is 0.120. The summed E-state index contributed by atoms with van der Waals surface area (Å²) in [5.41, 5.74) is 6.37. The number of aromatic nitrogens is 2. The summed E-state index contributed by atoms with van der Waals surface area (Å²) in [6, 6.07) is 27.2. The summed E-state index contributed by atoms with van der Waals surface area (Å²) in [6.07, 6.45) is 3.65. The molecule has 1 N–H and O–H groups in total. The number of nitrogens with one attached hydrogen (secondary N) is 1. The zero-order valence-corrected chi connectivity index (χ0v) is 17.7. The van der Waals surface area contributed by atoms with Gasteiger partial charge in [-0.25, -0.2) is 4.98 Å². The summed E-state index contributed by atoms with van der Waals surface area (Å²) >= 11 is 1.70. The third-order valence-corrected chi connectivity index (χ3v) is 6.50. The number of H-pyrrole nitrogens is 1. The van der Waals surface area contributed by atoms with Crippen molar-refractivity contribution in [1.29, 1.82) is 5.26 Å². The predicted octanol–water partition coefficient (Wildman–Crippen LogP) is 5.48. The Kier molecular flexibility index (Phi) is 5.34. The van der Waals surface area contributed by atoms with E-state index in [-0.39, 0.29) is 0 Å². The van der Waals surface area contributed by atoms with E-state index in [0.717, 1.165) is 35.9 Å². The summed E-state index contributed by atoms with van der Waals surface area (Å²) in [6.45, 7) is 2.41. The Morgan fingerprint density at radius 1 is 0.968 bits per heavy atom. The zero-order chi connectivity index (χ0) is 21.0. The summed E-state index contributed by atoms with van der Waals surface area (Å²) in [4.78, 5) is 10.9. The van der Waals surface area contributed by atoms with Gasteiger partial charge in [0.25, 0.3) is 0 Å². The Hall–Kier alpha value is -3.69. The molecular weight excluding hydrogens is 402 g/mol. The lowest BCUT2D eigenvalue weighted by molar-refractivity contribution is 0.779. The first kappa shape index (κ1) is 19.3. The van der Waals surface area contributed by atoms with Gasteiger partial charge in [-0.15, -0.1) is 0 Å². The average molecular weight is 424 g/mol. The number of anilines is 2. The Labute approximate surface area is 186 Å². The van der Waals surface area contributed by atoms with E-state index in [1.54, 1.807) is 18.3 Å². The number of fused-ring (bicyclic) bond motifs is 1. The summed E-state index contributed by atoms with van der Waals surface area (Å²) in [7, 11) is 0. The number of hydrogen-bond acceptors (Lipinski definition) is 5. The molecule has 0 saturated carbocycles. The quantitative estimate of drug-likeness (QED) is 0.440. The van der Waals surface area contributed by atoms with E-state index >= 15 is 0 Å². The van der Waals surface area contributed by atoms with Crippen LogP contribution in [0.5, 0.6) is 0 Å². The van der Waals surface area contributed by atoms with Crippen molar-refractivity contribution in [3.63, 3.8) is 0 Å². The maximum atomic E-state index is 9.46. The minimum absolute atomic E-state index is 0.671. The van der Waals surface area contributed by atoms with E-state index in [1.807, 2.05) is 24.4 Å². The summed E-state index contributed by atoms with van der Waals surface area (Å²) < 4.78 is 2.34. The number of rotatable bonds is 4. The molecule has 0 aliphatic carbocycles. The van der Waals surface area contributed by atoms with Crippen molar-refractivity contribution in [1.82, 2.24) is 9.97 Å². The second kappa shape index (κ2) is 8.58. The van der Waals surface area contributed by atoms with Gasteiger partial charge in [0.1, 0.15) is 0 Å². The Morgan fingerprint density at radius 2 is 1.81 bits per heavy atom. The fourth-order valence-corrected chi connectivity index (χ4v) is 5.01. The van der Waals surface area contributed by atoms with Gasteiger partial charge in [-0.05, 0) is 41.8 Å². The number of nitriles is 1. The molecule has 1 aliphatic heterocycles. The van der Waals surface area contributed by atoms with Crippen LogP contribution in [0.15, 0.2) is 90.2 Å². The standard InChI is InChI=1S/C25H21N5S/c26-15-19-10-11-24-25(14-19)31-30(13-12-29(24)17-21-16-27-18-28-21)23-9-5-4-8-22(23)20-6-2-1-3-7-20/h1-11,14,16,18H,12-13,17H2,(H,27,28). The van der Waals surface area contributed by atoms with Crippen molar-refractivity contribution in [2.45, 2.75) is 11.4 Å². The van der Waals surface area contributed by atoms with Crippen LogP contribution in [0.4, 0.5) is 11.4 Å². The molecule has 1 aromatic heterocycles. The molecule has 0 fully saturated rings. The monoisotopic (exact) mass is 423 g/mol. The Bertz CT molecular complexity index is 1210. The van der Waals surface area contributed by atoms with Crippen LogP contribution in [-0.4, -0.2) is 23.1 Å². The van der Waals surface area contributed by atoms with E-state index in [2.05, 4.69) is 79.8 Å². The molecule has 4 aromatic rings. The van der Waals surface area contributed by atoms with Gasteiger partial charge >= 0.3 is 0 Å². The van der Waals surface area contributed by atoms with Crippen LogP contribution in [0.3, 0.4) is 0 Å². The van der Waals surface area contributed by atoms with E-state index in [4.69, 9.17) is 0 Å². The van der Waals surface area contributed by atoms with Crippen LogP contribution in [-0.2, 0) is 6.54 Å². The third-order valence-electron chi connectivity index (χ3n) is 5.38. The number of imidazole rings is 1. The third kappa shape index (κ3) is 4.00. The molecule has 5 rings (SSSR count). The number of para-hydroxylation sites is 1. The zero-order valence-electron chi connectivity index (χ0n) is 16.9. The van der Waals surface area contributed by atoms with Gasteiger partial charge in [-0.2, -0.15) is 5.26 Å². The molecule has 1 aliphatic rings. The van der Waals surface area contributed by atoms with Crippen molar-refractivity contribution >= 4 is 23.3 Å². The van der Waals surface area contributed by atoms with Crippen LogP contribution < -0.4 is 9.21 Å². The molecule has 0 saturated heterocycles. The lowest BCUT2D eigenvalue weighted by atomic mass is 10.0. The topological polar surface area (TPSA) is 59.0 Å². The van der Waals surface area contributed by atoms with Gasteiger partial charge in [0.15, 0.2) is 0 Å². The molecule has 0 bridgehead atoms. The molecule has 0 unspecified atom stereocenters. The smallest absolute Gasteiger partial charge is 0.0992 e. The second-order valence-corrected chi connectivity index (χ2v) is 8.42. The lowest BCUT2D eigenvalue weighted by Gasteiger charge is -2.25. The van der Waals surface area contributed by atoms with E-state index in [0.29, 0.717) is 5.56 Å². The van der Waals surface area contributed by atoms with Crippen molar-refractivity contribution < 1.29 is 0 Å². The molecule has 2 heterocycles. The van der Waals surface area contributed by atoms with Crippen LogP contribution >= 0.6 is 11.9 Å². The molecule has 6 heteroatoms. The van der Waals surface area contributed by atoms with E-state index in [1.165, 1.54) is 16.8 Å². The Morgan fingerprint density at radius 3 is 2.61 bits per heavy atom. The van der Waals surface area contributed by atoms with Gasteiger partial charge in [-0.1, -0.05) is 48.5 Å². The molecule has 3 aromatic carbocycles. The molecule has 0 amide bonds. The normalized spacial score (nSPS) is 13.4. The molecule has 152 valence electrons. The number of hydrogen-bond donors (Lipinski definition) is 1. The number of aromatic amines is 1. The van der Waals surface area contributed by atoms with Gasteiger partial charge in [0.2, 0.25) is 0 Å². The van der Waals surface area contributed by atoms with Crippen molar-refractivity contribution in [2.24, 2.45) is 0 Å². The molecule has 5 nitrogen and oxygen atoms in total. The van der Waals surface area contributed by atoms with Gasteiger partial charge in [0, 0.05) is 24.8 Å². The molecular formula is C25H21N5S. The minimum Gasteiger partial charge on any atom is -0.363 e. The highest BCUT2D eigenvalue weighted by Crippen LogP contribution is 2.42. The molecule has 31 heavy (non-hydrogen) atoms.